The molecule has 10 heteroatoms. The van der Waals surface area contributed by atoms with Crippen LogP contribution in [0.2, 0.25) is 0 Å². The normalized spacial score (nSPS) is 14.6. The first kappa shape index (κ1) is 19.9. The molecule has 1 aliphatic rings. The summed E-state index contributed by atoms with van der Waals surface area (Å²) in [6.45, 7) is 5.03. The zero-order valence-corrected chi connectivity index (χ0v) is 16.6. The van der Waals surface area contributed by atoms with Crippen LogP contribution < -0.4 is 10.1 Å². The highest BCUT2D eigenvalue weighted by molar-refractivity contribution is 5.92. The maximum Gasteiger partial charge on any atom is 0.331 e. The van der Waals surface area contributed by atoms with Gasteiger partial charge in [0.1, 0.15) is 12.1 Å². The lowest BCUT2D eigenvalue weighted by Crippen LogP contribution is -2.39. The number of hydrogen-bond acceptors (Lipinski definition) is 9. The van der Waals surface area contributed by atoms with Gasteiger partial charge >= 0.3 is 5.69 Å². The lowest BCUT2D eigenvalue weighted by molar-refractivity contribution is -0.386. The van der Waals surface area contributed by atoms with Crippen molar-refractivity contribution in [2.45, 2.75) is 0 Å². The molecule has 0 radical (unpaired) electrons. The second kappa shape index (κ2) is 8.97. The van der Waals surface area contributed by atoms with Crippen molar-refractivity contribution < 1.29 is 14.4 Å². The van der Waals surface area contributed by atoms with E-state index in [-0.39, 0.29) is 11.6 Å². The Bertz CT molecular complexity index is 1050. The van der Waals surface area contributed by atoms with E-state index in [0.29, 0.717) is 5.56 Å². The van der Waals surface area contributed by atoms with Crippen molar-refractivity contribution in [1.29, 1.82) is 0 Å². The standard InChI is InChI=1S/C20H22N6O4/c1-29-20-18(26(27)28)11-15(12-22-20)14-2-3-17-16(10-14)19(24-13-23-17)21-4-5-25-6-8-30-9-7-25/h2-3,10-13H,4-9H2,1H3,(H,21,23,24). The molecule has 1 saturated heterocycles. The molecule has 1 aromatic carbocycles. The number of anilines is 1. The van der Waals surface area contributed by atoms with Gasteiger partial charge in [0.25, 0.3) is 5.88 Å². The Morgan fingerprint density at radius 3 is 2.80 bits per heavy atom. The van der Waals surface area contributed by atoms with Crippen LogP contribution in [0.4, 0.5) is 11.5 Å². The van der Waals surface area contributed by atoms with Crippen molar-refractivity contribution in [3.63, 3.8) is 0 Å². The first-order valence-electron chi connectivity index (χ1n) is 9.63. The molecule has 10 nitrogen and oxygen atoms in total. The van der Waals surface area contributed by atoms with Crippen molar-refractivity contribution >= 4 is 22.4 Å². The van der Waals surface area contributed by atoms with Crippen molar-refractivity contribution in [2.75, 3.05) is 51.8 Å². The number of ether oxygens (including phenoxy) is 2. The van der Waals surface area contributed by atoms with Crippen LogP contribution in [0.3, 0.4) is 0 Å². The maximum absolute atomic E-state index is 11.3. The topological polar surface area (TPSA) is 116 Å². The van der Waals surface area contributed by atoms with E-state index in [4.69, 9.17) is 9.47 Å². The van der Waals surface area contributed by atoms with Gasteiger partial charge in [-0.25, -0.2) is 15.0 Å². The van der Waals surface area contributed by atoms with Crippen LogP contribution in [-0.2, 0) is 4.74 Å². The molecule has 1 fully saturated rings. The molecular weight excluding hydrogens is 388 g/mol. The highest BCUT2D eigenvalue weighted by Gasteiger charge is 2.18. The summed E-state index contributed by atoms with van der Waals surface area (Å²) in [7, 11) is 1.36. The first-order valence-corrected chi connectivity index (χ1v) is 9.63. The number of benzene rings is 1. The number of morpholine rings is 1. The minimum Gasteiger partial charge on any atom is -0.476 e. The summed E-state index contributed by atoms with van der Waals surface area (Å²) in [5.74, 6) is 0.712. The van der Waals surface area contributed by atoms with Gasteiger partial charge in [-0.05, 0) is 17.7 Å². The highest BCUT2D eigenvalue weighted by atomic mass is 16.6. The Morgan fingerprint density at radius 2 is 2.03 bits per heavy atom. The third-order valence-electron chi connectivity index (χ3n) is 5.02. The molecule has 0 spiro atoms. The van der Waals surface area contributed by atoms with Crippen molar-refractivity contribution in [3.8, 4) is 17.0 Å². The fourth-order valence-electron chi connectivity index (χ4n) is 3.42. The van der Waals surface area contributed by atoms with Gasteiger partial charge in [0.2, 0.25) is 0 Å². The van der Waals surface area contributed by atoms with Gasteiger partial charge in [0.05, 0.1) is 30.8 Å². The molecule has 3 aromatic rings. The van der Waals surface area contributed by atoms with E-state index in [0.717, 1.165) is 61.7 Å². The fraction of sp³-hybridized carbons (Fsp3) is 0.350. The summed E-state index contributed by atoms with van der Waals surface area (Å²) in [6.07, 6.45) is 3.08. The number of hydrogen-bond donors (Lipinski definition) is 1. The summed E-state index contributed by atoms with van der Waals surface area (Å²) in [4.78, 5) is 25.9. The summed E-state index contributed by atoms with van der Waals surface area (Å²) >= 11 is 0. The summed E-state index contributed by atoms with van der Waals surface area (Å²) in [6, 6.07) is 7.11. The number of aromatic nitrogens is 3. The number of methoxy groups -OCH3 is 1. The Morgan fingerprint density at radius 1 is 1.20 bits per heavy atom. The van der Waals surface area contributed by atoms with Gasteiger partial charge in [-0.3, -0.25) is 15.0 Å². The zero-order chi connectivity index (χ0) is 20.9. The van der Waals surface area contributed by atoms with Crippen molar-refractivity contribution in [2.24, 2.45) is 0 Å². The van der Waals surface area contributed by atoms with E-state index in [1.54, 1.807) is 6.20 Å². The molecule has 0 amide bonds. The smallest absolute Gasteiger partial charge is 0.331 e. The van der Waals surface area contributed by atoms with E-state index in [2.05, 4.69) is 25.2 Å². The molecule has 1 N–H and O–H groups in total. The number of nitro groups is 1. The minimum atomic E-state index is -0.502. The van der Waals surface area contributed by atoms with Gasteiger partial charge < -0.3 is 14.8 Å². The Labute approximate surface area is 173 Å². The molecule has 1 aliphatic heterocycles. The van der Waals surface area contributed by atoms with Crippen LogP contribution in [0.5, 0.6) is 5.88 Å². The summed E-state index contributed by atoms with van der Waals surface area (Å²) in [5.41, 5.74) is 2.01. The molecule has 0 saturated carbocycles. The lowest BCUT2D eigenvalue weighted by Gasteiger charge is -2.26. The predicted octanol–water partition coefficient (Wildman–Crippen LogP) is 2.35. The van der Waals surface area contributed by atoms with Gasteiger partial charge in [-0.15, -0.1) is 0 Å². The van der Waals surface area contributed by atoms with Gasteiger partial charge in [-0.2, -0.15) is 0 Å². The molecule has 0 unspecified atom stereocenters. The van der Waals surface area contributed by atoms with E-state index in [1.807, 2.05) is 18.2 Å². The molecule has 0 aliphatic carbocycles. The molecule has 156 valence electrons. The van der Waals surface area contributed by atoms with Crippen molar-refractivity contribution in [3.05, 3.63) is 46.9 Å². The van der Waals surface area contributed by atoms with Crippen LogP contribution in [0.15, 0.2) is 36.8 Å². The van der Waals surface area contributed by atoms with Crippen LogP contribution in [-0.4, -0.2) is 71.3 Å². The molecule has 4 rings (SSSR count). The monoisotopic (exact) mass is 410 g/mol. The van der Waals surface area contributed by atoms with E-state index < -0.39 is 4.92 Å². The Hall–Kier alpha value is -3.37. The van der Waals surface area contributed by atoms with Crippen LogP contribution in [0.1, 0.15) is 0 Å². The minimum absolute atomic E-state index is 0.0154. The molecule has 3 heterocycles. The van der Waals surface area contributed by atoms with E-state index in [9.17, 15) is 10.1 Å². The second-order valence-electron chi connectivity index (χ2n) is 6.84. The van der Waals surface area contributed by atoms with E-state index in [1.165, 1.54) is 19.5 Å². The molecule has 0 bridgehead atoms. The van der Waals surface area contributed by atoms with Crippen LogP contribution >= 0.6 is 0 Å². The third kappa shape index (κ3) is 4.29. The summed E-state index contributed by atoms with van der Waals surface area (Å²) < 4.78 is 10.4. The fourth-order valence-corrected chi connectivity index (χ4v) is 3.42. The average Bonchev–Trinajstić information content (AvgIpc) is 2.79. The van der Waals surface area contributed by atoms with Gasteiger partial charge in [-0.1, -0.05) is 6.07 Å². The second-order valence-corrected chi connectivity index (χ2v) is 6.84. The highest BCUT2D eigenvalue weighted by Crippen LogP contribution is 2.32. The number of pyridine rings is 1. The largest absolute Gasteiger partial charge is 0.476 e. The molecular formula is C20H22N6O4. The molecule has 2 aromatic heterocycles. The predicted molar refractivity (Wildman–Crippen MR) is 112 cm³/mol. The number of fused-ring (bicyclic) bond motifs is 1. The van der Waals surface area contributed by atoms with Crippen molar-refractivity contribution in [1.82, 2.24) is 19.9 Å². The Kier molecular flexibility index (Phi) is 5.96. The first-order chi connectivity index (χ1) is 14.7. The SMILES string of the molecule is COc1ncc(-c2ccc3ncnc(NCCN4CCOCC4)c3c2)cc1[N+](=O)[O-]. The lowest BCUT2D eigenvalue weighted by atomic mass is 10.0. The third-order valence-corrected chi connectivity index (χ3v) is 5.02. The number of nitrogens with zero attached hydrogens (tertiary/aromatic N) is 5. The quantitative estimate of drug-likeness (QED) is 0.463. The molecule has 0 atom stereocenters. The maximum atomic E-state index is 11.3. The Balaban J connectivity index is 1.59. The van der Waals surface area contributed by atoms with Crippen LogP contribution in [0.25, 0.3) is 22.0 Å². The average molecular weight is 410 g/mol. The van der Waals surface area contributed by atoms with Gasteiger partial charge in [0, 0.05) is 49.4 Å². The number of rotatable bonds is 7. The number of nitrogens with one attached hydrogen (secondary N) is 1. The van der Waals surface area contributed by atoms with E-state index >= 15 is 0 Å². The van der Waals surface area contributed by atoms with Crippen LogP contribution in [0, 0.1) is 10.1 Å². The van der Waals surface area contributed by atoms with Gasteiger partial charge in [0.15, 0.2) is 0 Å². The summed E-state index contributed by atoms with van der Waals surface area (Å²) in [5, 5.41) is 15.6. The molecule has 30 heavy (non-hydrogen) atoms. The zero-order valence-electron chi connectivity index (χ0n) is 16.6.